The van der Waals surface area contributed by atoms with Gasteiger partial charge in [0.05, 0.1) is 0 Å². The smallest absolute Gasteiger partial charge is 0.254 e. The minimum atomic E-state index is -0.278. The number of aromatic nitrogens is 2. The first-order valence-corrected chi connectivity index (χ1v) is 11.0. The molecule has 2 aliphatic rings. The molecular formula is C25H25FN4O2. The van der Waals surface area contributed by atoms with Gasteiger partial charge in [-0.05, 0) is 42.3 Å². The van der Waals surface area contributed by atoms with Crippen molar-refractivity contribution in [3.63, 3.8) is 0 Å². The van der Waals surface area contributed by atoms with Gasteiger partial charge in [0, 0.05) is 55.5 Å². The molecule has 0 saturated carbocycles. The second-order valence-corrected chi connectivity index (χ2v) is 8.54. The number of benzene rings is 2. The molecule has 32 heavy (non-hydrogen) atoms. The van der Waals surface area contributed by atoms with Gasteiger partial charge in [-0.1, -0.05) is 30.3 Å². The Bertz CT molecular complexity index is 1080. The predicted octanol–water partition coefficient (Wildman–Crippen LogP) is 3.18. The second-order valence-electron chi connectivity index (χ2n) is 8.54. The number of halogens is 1. The van der Waals surface area contributed by atoms with Gasteiger partial charge in [-0.3, -0.25) is 14.3 Å². The normalized spacial score (nSPS) is 22.6. The average molecular weight is 432 g/mol. The molecule has 0 radical (unpaired) electrons. The monoisotopic (exact) mass is 432 g/mol. The molecule has 2 fully saturated rings. The third-order valence-corrected chi connectivity index (χ3v) is 6.72. The van der Waals surface area contributed by atoms with E-state index in [-0.39, 0.29) is 42.1 Å². The average Bonchev–Trinajstić information content (AvgIpc) is 3.47. The summed E-state index contributed by atoms with van der Waals surface area (Å²) in [6.45, 7) is 1.95. The SMILES string of the molecule is O=C(Cn1cccn1)N1CC[C@H]2[C@@H](C1)[C@H](c1ccc(F)cc1)CN2C(=O)c1ccccc1. The molecule has 2 saturated heterocycles. The van der Waals surface area contributed by atoms with E-state index in [0.717, 1.165) is 12.0 Å². The van der Waals surface area contributed by atoms with E-state index in [9.17, 15) is 14.0 Å². The van der Waals surface area contributed by atoms with E-state index in [1.165, 1.54) is 12.1 Å². The molecule has 0 unspecified atom stereocenters. The lowest BCUT2D eigenvalue weighted by molar-refractivity contribution is -0.134. The standard InChI is InChI=1S/C25H25FN4O2/c26-20-9-7-18(8-10-20)21-16-30(25(32)19-5-2-1-3-6-19)23-11-14-28(15-22(21)23)24(31)17-29-13-4-12-27-29/h1-10,12-13,21-23H,11,14-17H2/t21-,22-,23-/m0/s1. The Balaban J connectivity index is 1.40. The van der Waals surface area contributed by atoms with Crippen LogP contribution in [0.15, 0.2) is 73.1 Å². The largest absolute Gasteiger partial charge is 0.341 e. The van der Waals surface area contributed by atoms with Crippen molar-refractivity contribution in [2.45, 2.75) is 24.9 Å². The third-order valence-electron chi connectivity index (χ3n) is 6.72. The molecule has 3 atom stereocenters. The number of fused-ring (bicyclic) bond motifs is 1. The van der Waals surface area contributed by atoms with Crippen molar-refractivity contribution in [3.8, 4) is 0 Å². The number of amides is 2. The van der Waals surface area contributed by atoms with Crippen LogP contribution in [-0.4, -0.2) is 57.1 Å². The number of piperidine rings is 1. The van der Waals surface area contributed by atoms with E-state index in [0.29, 0.717) is 25.2 Å². The molecule has 0 N–H and O–H groups in total. The minimum absolute atomic E-state index is 0.0153. The highest BCUT2D eigenvalue weighted by Crippen LogP contribution is 2.42. The Morgan fingerprint density at radius 3 is 2.50 bits per heavy atom. The van der Waals surface area contributed by atoms with Gasteiger partial charge in [0.25, 0.3) is 5.91 Å². The van der Waals surface area contributed by atoms with E-state index in [2.05, 4.69) is 5.10 Å². The number of nitrogens with zero attached hydrogens (tertiary/aromatic N) is 4. The van der Waals surface area contributed by atoms with Crippen LogP contribution in [0.25, 0.3) is 0 Å². The first-order valence-electron chi connectivity index (χ1n) is 11.0. The van der Waals surface area contributed by atoms with Crippen LogP contribution in [0.3, 0.4) is 0 Å². The van der Waals surface area contributed by atoms with E-state index >= 15 is 0 Å². The van der Waals surface area contributed by atoms with Gasteiger partial charge in [-0.25, -0.2) is 4.39 Å². The summed E-state index contributed by atoms with van der Waals surface area (Å²) >= 11 is 0. The Morgan fingerprint density at radius 2 is 1.78 bits per heavy atom. The van der Waals surface area contributed by atoms with Crippen molar-refractivity contribution in [3.05, 3.63) is 90.0 Å². The fourth-order valence-electron chi connectivity index (χ4n) is 5.14. The molecule has 3 heterocycles. The fourth-order valence-corrected chi connectivity index (χ4v) is 5.14. The summed E-state index contributed by atoms with van der Waals surface area (Å²) in [4.78, 5) is 30.1. The lowest BCUT2D eigenvalue weighted by Gasteiger charge is -2.39. The number of carbonyl (C=O) groups is 2. The van der Waals surface area contributed by atoms with E-state index in [1.807, 2.05) is 40.1 Å². The van der Waals surface area contributed by atoms with Crippen molar-refractivity contribution in [1.29, 1.82) is 0 Å². The van der Waals surface area contributed by atoms with Crippen molar-refractivity contribution in [2.75, 3.05) is 19.6 Å². The zero-order valence-electron chi connectivity index (χ0n) is 17.7. The van der Waals surface area contributed by atoms with Gasteiger partial charge in [-0.2, -0.15) is 5.10 Å². The summed E-state index contributed by atoms with van der Waals surface area (Å²) in [5.41, 5.74) is 1.68. The minimum Gasteiger partial charge on any atom is -0.341 e. The van der Waals surface area contributed by atoms with E-state index < -0.39 is 0 Å². The lowest BCUT2D eigenvalue weighted by Crippen LogP contribution is -2.50. The molecule has 5 rings (SSSR count). The summed E-state index contributed by atoms with van der Waals surface area (Å²) in [7, 11) is 0. The topological polar surface area (TPSA) is 58.4 Å². The molecule has 6 nitrogen and oxygen atoms in total. The van der Waals surface area contributed by atoms with Crippen LogP contribution in [0.4, 0.5) is 4.39 Å². The molecule has 0 bridgehead atoms. The van der Waals surface area contributed by atoms with Crippen molar-refractivity contribution < 1.29 is 14.0 Å². The highest BCUT2D eigenvalue weighted by atomic mass is 19.1. The van der Waals surface area contributed by atoms with Crippen LogP contribution in [0.2, 0.25) is 0 Å². The first-order chi connectivity index (χ1) is 15.6. The number of carbonyl (C=O) groups excluding carboxylic acids is 2. The Kier molecular flexibility index (Phi) is 5.47. The molecule has 0 spiro atoms. The summed E-state index contributed by atoms with van der Waals surface area (Å²) in [5, 5.41) is 4.14. The van der Waals surface area contributed by atoms with Crippen LogP contribution in [0.5, 0.6) is 0 Å². The molecule has 0 aliphatic carbocycles. The maximum atomic E-state index is 13.6. The van der Waals surface area contributed by atoms with Crippen LogP contribution >= 0.6 is 0 Å². The number of likely N-dealkylation sites (tertiary alicyclic amines) is 2. The molecule has 2 aromatic carbocycles. The van der Waals surface area contributed by atoms with Crippen molar-refractivity contribution in [2.24, 2.45) is 5.92 Å². The highest BCUT2D eigenvalue weighted by Gasteiger charge is 2.47. The molecular weight excluding hydrogens is 407 g/mol. The van der Waals surface area contributed by atoms with Gasteiger partial charge >= 0.3 is 0 Å². The van der Waals surface area contributed by atoms with Gasteiger partial charge in [0.1, 0.15) is 12.4 Å². The third kappa shape index (κ3) is 3.90. The summed E-state index contributed by atoms with van der Waals surface area (Å²) in [6.07, 6.45) is 4.17. The first kappa shape index (κ1) is 20.4. The van der Waals surface area contributed by atoms with Crippen LogP contribution in [0, 0.1) is 11.7 Å². The Hall–Kier alpha value is -3.48. The summed E-state index contributed by atoms with van der Waals surface area (Å²) < 4.78 is 15.2. The van der Waals surface area contributed by atoms with E-state index in [1.54, 1.807) is 35.3 Å². The van der Waals surface area contributed by atoms with E-state index in [4.69, 9.17) is 0 Å². The highest BCUT2D eigenvalue weighted by molar-refractivity contribution is 5.94. The van der Waals surface area contributed by atoms with Gasteiger partial charge in [0.2, 0.25) is 5.91 Å². The summed E-state index contributed by atoms with van der Waals surface area (Å²) in [6, 6.07) is 17.7. The molecule has 164 valence electrons. The molecule has 7 heteroatoms. The molecule has 1 aromatic heterocycles. The van der Waals surface area contributed by atoms with Gasteiger partial charge < -0.3 is 9.80 Å². The molecule has 3 aromatic rings. The number of rotatable bonds is 4. The van der Waals surface area contributed by atoms with Crippen molar-refractivity contribution >= 4 is 11.8 Å². The lowest BCUT2D eigenvalue weighted by atomic mass is 9.81. The Morgan fingerprint density at radius 1 is 1.00 bits per heavy atom. The maximum Gasteiger partial charge on any atom is 0.254 e. The number of hydrogen-bond donors (Lipinski definition) is 0. The molecule has 2 aliphatic heterocycles. The number of hydrogen-bond acceptors (Lipinski definition) is 3. The van der Waals surface area contributed by atoms with Gasteiger partial charge in [0.15, 0.2) is 0 Å². The van der Waals surface area contributed by atoms with Crippen LogP contribution in [0.1, 0.15) is 28.3 Å². The van der Waals surface area contributed by atoms with Gasteiger partial charge in [-0.15, -0.1) is 0 Å². The predicted molar refractivity (Wildman–Crippen MR) is 117 cm³/mol. The van der Waals surface area contributed by atoms with Crippen LogP contribution in [-0.2, 0) is 11.3 Å². The van der Waals surface area contributed by atoms with Crippen molar-refractivity contribution in [1.82, 2.24) is 19.6 Å². The zero-order chi connectivity index (χ0) is 22.1. The Labute approximate surface area is 186 Å². The zero-order valence-corrected chi connectivity index (χ0v) is 17.7. The second kappa shape index (κ2) is 8.57. The molecule has 2 amide bonds. The fraction of sp³-hybridized carbons (Fsp3) is 0.320. The quantitative estimate of drug-likeness (QED) is 0.636. The van der Waals surface area contributed by atoms with Crippen LogP contribution < -0.4 is 0 Å². The maximum absolute atomic E-state index is 13.6. The summed E-state index contributed by atoms with van der Waals surface area (Å²) in [5.74, 6) is -0.0865.